The average molecular weight is 387 g/mol. The van der Waals surface area contributed by atoms with Crippen LogP contribution < -0.4 is 15.0 Å². The van der Waals surface area contributed by atoms with E-state index in [2.05, 4.69) is 12.2 Å². The van der Waals surface area contributed by atoms with Crippen LogP contribution in [-0.4, -0.2) is 25.5 Å². The van der Waals surface area contributed by atoms with Crippen LogP contribution in [0.25, 0.3) is 0 Å². The Kier molecular flexibility index (Phi) is 5.71. The quantitative estimate of drug-likeness (QED) is 0.837. The first-order valence-electron chi connectivity index (χ1n) is 8.97. The molecule has 0 unspecified atom stereocenters. The Labute approximate surface area is 164 Å². The third-order valence-corrected chi connectivity index (χ3v) is 5.15. The number of ether oxygens (including phenoxy) is 1. The number of para-hydroxylation sites is 1. The Morgan fingerprint density at radius 1 is 1.33 bits per heavy atom. The van der Waals surface area contributed by atoms with Gasteiger partial charge in [-0.3, -0.25) is 9.59 Å². The molecule has 1 heterocycles. The van der Waals surface area contributed by atoms with Crippen LogP contribution >= 0.6 is 11.6 Å². The highest BCUT2D eigenvalue weighted by atomic mass is 35.5. The number of aryl methyl sites for hydroxylation is 2. The van der Waals surface area contributed by atoms with Gasteiger partial charge in [-0.15, -0.1) is 0 Å². The predicted octanol–water partition coefficient (Wildman–Crippen LogP) is 4.21. The molecule has 5 nitrogen and oxygen atoms in total. The van der Waals surface area contributed by atoms with Gasteiger partial charge in [0.2, 0.25) is 11.8 Å². The summed E-state index contributed by atoms with van der Waals surface area (Å²) in [5.74, 6) is -0.126. The summed E-state index contributed by atoms with van der Waals surface area (Å²) in [7, 11) is 1.54. The standard InChI is InChI=1S/C21H23ClN2O3/c1-4-14-7-5-6-13(2)20(14)23-21(26)15-10-19(25)24(12-15)17-11-16(22)8-9-18(17)27-3/h5-9,11,15H,4,10,12H2,1-3H3,(H,23,26)/t15-/m1/s1. The molecule has 0 saturated carbocycles. The van der Waals surface area contributed by atoms with E-state index in [1.165, 1.54) is 0 Å². The molecule has 0 spiro atoms. The molecule has 1 aliphatic rings. The van der Waals surface area contributed by atoms with Gasteiger partial charge in [-0.1, -0.05) is 36.7 Å². The van der Waals surface area contributed by atoms with Crippen molar-refractivity contribution in [2.24, 2.45) is 5.92 Å². The van der Waals surface area contributed by atoms with E-state index in [0.29, 0.717) is 23.0 Å². The molecule has 2 aromatic carbocycles. The van der Waals surface area contributed by atoms with E-state index in [4.69, 9.17) is 16.3 Å². The molecule has 142 valence electrons. The number of carbonyl (C=O) groups excluding carboxylic acids is 2. The molecule has 1 atom stereocenters. The second-order valence-electron chi connectivity index (χ2n) is 6.67. The van der Waals surface area contributed by atoms with Crippen LogP contribution in [0.4, 0.5) is 11.4 Å². The zero-order chi connectivity index (χ0) is 19.6. The lowest BCUT2D eigenvalue weighted by molar-refractivity contribution is -0.122. The number of nitrogens with one attached hydrogen (secondary N) is 1. The van der Waals surface area contributed by atoms with Gasteiger partial charge in [0.05, 0.1) is 18.7 Å². The Balaban J connectivity index is 1.80. The number of nitrogens with zero attached hydrogens (tertiary/aromatic N) is 1. The molecule has 3 rings (SSSR count). The molecule has 1 saturated heterocycles. The molecule has 6 heteroatoms. The van der Waals surface area contributed by atoms with Gasteiger partial charge in [-0.2, -0.15) is 0 Å². The number of anilines is 2. The highest BCUT2D eigenvalue weighted by Gasteiger charge is 2.36. The number of methoxy groups -OCH3 is 1. The van der Waals surface area contributed by atoms with E-state index < -0.39 is 5.92 Å². The summed E-state index contributed by atoms with van der Waals surface area (Å²) >= 11 is 6.08. The number of hydrogen-bond donors (Lipinski definition) is 1. The SMILES string of the molecule is CCc1cccc(C)c1NC(=O)[C@@H]1CC(=O)N(c2cc(Cl)ccc2OC)C1. The fraction of sp³-hybridized carbons (Fsp3) is 0.333. The maximum Gasteiger partial charge on any atom is 0.229 e. The first kappa shape index (κ1) is 19.2. The Bertz CT molecular complexity index is 882. The Hall–Kier alpha value is -2.53. The van der Waals surface area contributed by atoms with E-state index in [0.717, 1.165) is 23.2 Å². The molecule has 2 aromatic rings. The molecule has 1 aliphatic heterocycles. The maximum absolute atomic E-state index is 12.8. The third-order valence-electron chi connectivity index (χ3n) is 4.92. The van der Waals surface area contributed by atoms with Crippen molar-refractivity contribution in [2.75, 3.05) is 23.9 Å². The van der Waals surface area contributed by atoms with E-state index in [-0.39, 0.29) is 18.2 Å². The highest BCUT2D eigenvalue weighted by molar-refractivity contribution is 6.31. The summed E-state index contributed by atoms with van der Waals surface area (Å²) in [6, 6.07) is 11.1. The number of benzene rings is 2. The Morgan fingerprint density at radius 2 is 2.11 bits per heavy atom. The van der Waals surface area contributed by atoms with Gasteiger partial charge < -0.3 is 15.0 Å². The van der Waals surface area contributed by atoms with Crippen LogP contribution in [0.3, 0.4) is 0 Å². The number of amides is 2. The smallest absolute Gasteiger partial charge is 0.229 e. The highest BCUT2D eigenvalue weighted by Crippen LogP contribution is 2.35. The van der Waals surface area contributed by atoms with Crippen molar-refractivity contribution < 1.29 is 14.3 Å². The fourth-order valence-corrected chi connectivity index (χ4v) is 3.58. The van der Waals surface area contributed by atoms with Gasteiger partial charge in [0.15, 0.2) is 0 Å². The minimum absolute atomic E-state index is 0.115. The molecular weight excluding hydrogens is 364 g/mol. The summed E-state index contributed by atoms with van der Waals surface area (Å²) in [5.41, 5.74) is 3.54. The molecule has 27 heavy (non-hydrogen) atoms. The van der Waals surface area contributed by atoms with Gasteiger partial charge in [-0.25, -0.2) is 0 Å². The van der Waals surface area contributed by atoms with E-state index in [9.17, 15) is 9.59 Å². The molecule has 2 amide bonds. The molecule has 0 bridgehead atoms. The molecule has 1 N–H and O–H groups in total. The van der Waals surface area contributed by atoms with Crippen molar-refractivity contribution in [1.29, 1.82) is 0 Å². The molecule has 0 aromatic heterocycles. The maximum atomic E-state index is 12.8. The largest absolute Gasteiger partial charge is 0.495 e. The fourth-order valence-electron chi connectivity index (χ4n) is 3.42. The second kappa shape index (κ2) is 8.01. The summed E-state index contributed by atoms with van der Waals surface area (Å²) in [4.78, 5) is 27.0. The topological polar surface area (TPSA) is 58.6 Å². The van der Waals surface area contributed by atoms with Crippen LogP contribution in [0.1, 0.15) is 24.5 Å². The predicted molar refractivity (Wildman–Crippen MR) is 108 cm³/mol. The minimum Gasteiger partial charge on any atom is -0.495 e. The first-order valence-corrected chi connectivity index (χ1v) is 9.35. The number of carbonyl (C=O) groups is 2. The zero-order valence-corrected chi connectivity index (χ0v) is 16.5. The van der Waals surface area contributed by atoms with Crippen LogP contribution in [0.15, 0.2) is 36.4 Å². The minimum atomic E-state index is -0.425. The Morgan fingerprint density at radius 3 is 2.81 bits per heavy atom. The van der Waals surface area contributed by atoms with Gasteiger partial charge in [0.25, 0.3) is 0 Å². The van der Waals surface area contributed by atoms with Crippen molar-refractivity contribution in [3.05, 3.63) is 52.5 Å². The third kappa shape index (κ3) is 3.93. The van der Waals surface area contributed by atoms with Crippen LogP contribution in [0.5, 0.6) is 5.75 Å². The number of hydrogen-bond acceptors (Lipinski definition) is 3. The van der Waals surface area contributed by atoms with Crippen LogP contribution in [0.2, 0.25) is 5.02 Å². The summed E-state index contributed by atoms with van der Waals surface area (Å²) in [6.45, 7) is 4.32. The average Bonchev–Trinajstić information content (AvgIpc) is 3.05. The van der Waals surface area contributed by atoms with Gasteiger partial charge in [0.1, 0.15) is 5.75 Å². The molecule has 1 fully saturated rings. The summed E-state index contributed by atoms with van der Waals surface area (Å²) < 4.78 is 5.35. The van der Waals surface area contributed by atoms with E-state index >= 15 is 0 Å². The van der Waals surface area contributed by atoms with Crippen molar-refractivity contribution in [3.8, 4) is 5.75 Å². The molecular formula is C21H23ClN2O3. The second-order valence-corrected chi connectivity index (χ2v) is 7.11. The summed E-state index contributed by atoms with van der Waals surface area (Å²) in [5, 5.41) is 3.54. The normalized spacial score (nSPS) is 16.5. The van der Waals surface area contributed by atoms with Crippen molar-refractivity contribution in [2.45, 2.75) is 26.7 Å². The number of rotatable bonds is 5. The van der Waals surface area contributed by atoms with Crippen molar-refractivity contribution in [3.63, 3.8) is 0 Å². The molecule has 0 radical (unpaired) electrons. The first-order chi connectivity index (χ1) is 12.9. The lowest BCUT2D eigenvalue weighted by Crippen LogP contribution is -2.28. The van der Waals surface area contributed by atoms with Gasteiger partial charge in [0, 0.05) is 23.7 Å². The molecule has 0 aliphatic carbocycles. The van der Waals surface area contributed by atoms with Crippen LogP contribution in [-0.2, 0) is 16.0 Å². The van der Waals surface area contributed by atoms with Crippen LogP contribution in [0, 0.1) is 12.8 Å². The van der Waals surface area contributed by atoms with Crippen molar-refractivity contribution >= 4 is 34.8 Å². The van der Waals surface area contributed by atoms with Gasteiger partial charge >= 0.3 is 0 Å². The van der Waals surface area contributed by atoms with E-state index in [1.807, 2.05) is 25.1 Å². The lowest BCUT2D eigenvalue weighted by atomic mass is 10.0. The number of halogens is 1. The monoisotopic (exact) mass is 386 g/mol. The lowest BCUT2D eigenvalue weighted by Gasteiger charge is -2.20. The van der Waals surface area contributed by atoms with E-state index in [1.54, 1.807) is 30.2 Å². The summed E-state index contributed by atoms with van der Waals surface area (Å²) in [6.07, 6.45) is 0.988. The zero-order valence-electron chi connectivity index (χ0n) is 15.7. The van der Waals surface area contributed by atoms with Gasteiger partial charge in [-0.05, 0) is 42.7 Å². The van der Waals surface area contributed by atoms with Crippen molar-refractivity contribution in [1.82, 2.24) is 0 Å².